The summed E-state index contributed by atoms with van der Waals surface area (Å²) in [5.41, 5.74) is 0.984. The Balaban J connectivity index is 0.00000288. The second-order valence-corrected chi connectivity index (χ2v) is 6.40. The van der Waals surface area contributed by atoms with E-state index in [4.69, 9.17) is 4.52 Å². The molecule has 1 aliphatic rings. The third kappa shape index (κ3) is 7.38. The molecule has 0 unspecified atom stereocenters. The minimum absolute atomic E-state index is 0. The van der Waals surface area contributed by atoms with Crippen molar-refractivity contribution in [3.63, 3.8) is 0 Å². The van der Waals surface area contributed by atoms with Crippen LogP contribution in [0.1, 0.15) is 57.4 Å². The molecule has 138 valence electrons. The van der Waals surface area contributed by atoms with Crippen LogP contribution in [-0.2, 0) is 6.54 Å². The van der Waals surface area contributed by atoms with Gasteiger partial charge in [-0.1, -0.05) is 25.4 Å². The number of nitrogens with zero attached hydrogens (tertiary/aromatic N) is 3. The summed E-state index contributed by atoms with van der Waals surface area (Å²) in [6.45, 7) is 12.1. The normalized spacial score (nSPS) is 16.1. The van der Waals surface area contributed by atoms with Crippen molar-refractivity contribution in [3.05, 3.63) is 17.5 Å². The van der Waals surface area contributed by atoms with Crippen molar-refractivity contribution in [2.24, 2.45) is 4.99 Å². The molecule has 0 saturated carbocycles. The number of hydrogen-bond donors (Lipinski definition) is 2. The highest BCUT2D eigenvalue weighted by Crippen LogP contribution is 2.14. The molecule has 2 heterocycles. The van der Waals surface area contributed by atoms with Gasteiger partial charge in [0.2, 0.25) is 0 Å². The lowest BCUT2D eigenvalue weighted by molar-refractivity contribution is 0.232. The van der Waals surface area contributed by atoms with Gasteiger partial charge in [-0.05, 0) is 38.8 Å². The SMILES string of the molecule is CCNC(=NCc1cc(C(C)C)no1)NCCN1CCCCC1.I. The number of halogens is 1. The summed E-state index contributed by atoms with van der Waals surface area (Å²) in [4.78, 5) is 7.10. The molecule has 1 aromatic heterocycles. The monoisotopic (exact) mass is 449 g/mol. The maximum Gasteiger partial charge on any atom is 0.191 e. The van der Waals surface area contributed by atoms with Crippen molar-refractivity contribution in [2.45, 2.75) is 52.5 Å². The molecule has 0 aliphatic carbocycles. The molecule has 7 heteroatoms. The molecule has 2 N–H and O–H groups in total. The fourth-order valence-corrected chi connectivity index (χ4v) is 2.69. The standard InChI is InChI=1S/C17H31N5O.HI/c1-4-18-17(19-8-11-22-9-6-5-7-10-22)20-13-15-12-16(14(2)3)21-23-15;/h12,14H,4-11,13H2,1-3H3,(H2,18,19,20);1H. The van der Waals surface area contributed by atoms with Crippen LogP contribution >= 0.6 is 24.0 Å². The zero-order chi connectivity index (χ0) is 16.5. The van der Waals surface area contributed by atoms with Gasteiger partial charge in [0.05, 0.1) is 5.69 Å². The molecule has 0 aromatic carbocycles. The predicted molar refractivity (Wildman–Crippen MR) is 109 cm³/mol. The van der Waals surface area contributed by atoms with Crippen LogP contribution < -0.4 is 10.6 Å². The number of aliphatic imine (C=N–C) groups is 1. The van der Waals surface area contributed by atoms with Gasteiger partial charge < -0.3 is 20.1 Å². The van der Waals surface area contributed by atoms with Gasteiger partial charge in [0, 0.05) is 25.7 Å². The first-order chi connectivity index (χ1) is 11.2. The summed E-state index contributed by atoms with van der Waals surface area (Å²) in [5.74, 6) is 2.03. The minimum Gasteiger partial charge on any atom is -0.359 e. The molecule has 1 saturated heterocycles. The number of likely N-dealkylation sites (tertiary alicyclic amines) is 1. The van der Waals surface area contributed by atoms with E-state index in [9.17, 15) is 0 Å². The third-order valence-corrected chi connectivity index (χ3v) is 4.08. The molecule has 1 aliphatic heterocycles. The van der Waals surface area contributed by atoms with Gasteiger partial charge in [-0.2, -0.15) is 0 Å². The molecule has 24 heavy (non-hydrogen) atoms. The van der Waals surface area contributed by atoms with Crippen LogP contribution in [0.3, 0.4) is 0 Å². The molecular formula is C17H32IN5O. The lowest BCUT2D eigenvalue weighted by Crippen LogP contribution is -2.42. The molecule has 6 nitrogen and oxygen atoms in total. The Bertz CT molecular complexity index is 483. The smallest absolute Gasteiger partial charge is 0.191 e. The number of piperidine rings is 1. The summed E-state index contributed by atoms with van der Waals surface area (Å²) >= 11 is 0. The fraction of sp³-hybridized carbons (Fsp3) is 0.765. The predicted octanol–water partition coefficient (Wildman–Crippen LogP) is 2.96. The van der Waals surface area contributed by atoms with Crippen LogP contribution in [0.2, 0.25) is 0 Å². The molecule has 1 aromatic rings. The van der Waals surface area contributed by atoms with Crippen LogP contribution in [0, 0.1) is 0 Å². The van der Waals surface area contributed by atoms with E-state index in [1.54, 1.807) is 0 Å². The number of nitrogens with one attached hydrogen (secondary N) is 2. The average Bonchev–Trinajstić information content (AvgIpc) is 3.03. The maximum atomic E-state index is 5.33. The van der Waals surface area contributed by atoms with E-state index >= 15 is 0 Å². The summed E-state index contributed by atoms with van der Waals surface area (Å²) in [7, 11) is 0. The Labute approximate surface area is 162 Å². The highest BCUT2D eigenvalue weighted by molar-refractivity contribution is 14.0. The van der Waals surface area contributed by atoms with E-state index in [0.29, 0.717) is 12.5 Å². The highest BCUT2D eigenvalue weighted by Gasteiger charge is 2.10. The third-order valence-electron chi connectivity index (χ3n) is 4.08. The Kier molecular flexibility index (Phi) is 10.3. The van der Waals surface area contributed by atoms with E-state index in [-0.39, 0.29) is 24.0 Å². The van der Waals surface area contributed by atoms with Gasteiger partial charge in [-0.15, -0.1) is 24.0 Å². The van der Waals surface area contributed by atoms with Crippen LogP contribution in [0.25, 0.3) is 0 Å². The lowest BCUT2D eigenvalue weighted by Gasteiger charge is -2.26. The van der Waals surface area contributed by atoms with Crippen molar-refractivity contribution in [2.75, 3.05) is 32.7 Å². The molecule has 1 fully saturated rings. The van der Waals surface area contributed by atoms with Gasteiger partial charge in [-0.3, -0.25) is 0 Å². The number of hydrogen-bond acceptors (Lipinski definition) is 4. The van der Waals surface area contributed by atoms with E-state index in [0.717, 1.165) is 37.0 Å². The molecular weight excluding hydrogens is 417 g/mol. The van der Waals surface area contributed by atoms with Gasteiger partial charge >= 0.3 is 0 Å². The number of rotatable bonds is 7. The van der Waals surface area contributed by atoms with Crippen molar-refractivity contribution in [3.8, 4) is 0 Å². The number of aromatic nitrogens is 1. The average molecular weight is 449 g/mol. The van der Waals surface area contributed by atoms with Crippen molar-refractivity contribution < 1.29 is 4.52 Å². The summed E-state index contributed by atoms with van der Waals surface area (Å²) in [5, 5.41) is 10.8. The fourth-order valence-electron chi connectivity index (χ4n) is 2.69. The topological polar surface area (TPSA) is 65.7 Å². The maximum absolute atomic E-state index is 5.33. The quantitative estimate of drug-likeness (QED) is 0.381. The van der Waals surface area contributed by atoms with Crippen molar-refractivity contribution in [1.82, 2.24) is 20.7 Å². The molecule has 0 spiro atoms. The van der Waals surface area contributed by atoms with E-state index in [1.165, 1.54) is 32.4 Å². The molecule has 0 bridgehead atoms. The second-order valence-electron chi connectivity index (χ2n) is 6.40. The summed E-state index contributed by atoms with van der Waals surface area (Å²) in [6.07, 6.45) is 4.04. The van der Waals surface area contributed by atoms with Gasteiger partial charge in [0.15, 0.2) is 11.7 Å². The van der Waals surface area contributed by atoms with Crippen LogP contribution in [0.4, 0.5) is 0 Å². The number of guanidine groups is 1. The first kappa shape index (κ1) is 21.2. The van der Waals surface area contributed by atoms with Crippen molar-refractivity contribution in [1.29, 1.82) is 0 Å². The largest absolute Gasteiger partial charge is 0.359 e. The van der Waals surface area contributed by atoms with Gasteiger partial charge in [0.1, 0.15) is 6.54 Å². The second kappa shape index (κ2) is 11.7. The summed E-state index contributed by atoms with van der Waals surface area (Å²) < 4.78 is 5.33. The Morgan fingerprint density at radius 3 is 2.67 bits per heavy atom. The first-order valence-corrected chi connectivity index (χ1v) is 8.89. The Hall–Kier alpha value is -0.830. The van der Waals surface area contributed by atoms with Gasteiger partial charge in [-0.25, -0.2) is 4.99 Å². The van der Waals surface area contributed by atoms with Crippen LogP contribution in [-0.4, -0.2) is 48.7 Å². The zero-order valence-electron chi connectivity index (χ0n) is 15.2. The Morgan fingerprint density at radius 1 is 1.29 bits per heavy atom. The van der Waals surface area contributed by atoms with Crippen LogP contribution in [0.15, 0.2) is 15.6 Å². The van der Waals surface area contributed by atoms with E-state index in [1.807, 2.05) is 6.07 Å². The zero-order valence-corrected chi connectivity index (χ0v) is 17.5. The van der Waals surface area contributed by atoms with E-state index in [2.05, 4.69) is 46.5 Å². The van der Waals surface area contributed by atoms with Crippen molar-refractivity contribution >= 4 is 29.9 Å². The minimum atomic E-state index is 0. The summed E-state index contributed by atoms with van der Waals surface area (Å²) in [6, 6.07) is 1.99. The van der Waals surface area contributed by atoms with E-state index < -0.39 is 0 Å². The molecule has 2 rings (SSSR count). The lowest BCUT2D eigenvalue weighted by atomic mass is 10.1. The van der Waals surface area contributed by atoms with Gasteiger partial charge in [0.25, 0.3) is 0 Å². The first-order valence-electron chi connectivity index (χ1n) is 8.89. The molecule has 0 radical (unpaired) electrons. The van der Waals surface area contributed by atoms with Crippen LogP contribution in [0.5, 0.6) is 0 Å². The highest BCUT2D eigenvalue weighted by atomic mass is 127. The Morgan fingerprint density at radius 2 is 2.04 bits per heavy atom. The molecule has 0 atom stereocenters. The molecule has 0 amide bonds.